The first kappa shape index (κ1) is 16.6. The van der Waals surface area contributed by atoms with Gasteiger partial charge in [0.05, 0.1) is 0 Å². The molecule has 3 nitrogen and oxygen atoms in total. The van der Waals surface area contributed by atoms with Gasteiger partial charge in [-0.25, -0.2) is 0 Å². The molecule has 0 N–H and O–H groups in total. The summed E-state index contributed by atoms with van der Waals surface area (Å²) in [4.78, 5) is 23.5. The minimum absolute atomic E-state index is 0.120. The predicted molar refractivity (Wildman–Crippen MR) is 92.3 cm³/mol. The van der Waals surface area contributed by atoms with Crippen LogP contribution in [0.1, 0.15) is 78.6 Å². The van der Waals surface area contributed by atoms with E-state index in [-0.39, 0.29) is 17.5 Å². The van der Waals surface area contributed by atoms with Crippen molar-refractivity contribution in [2.75, 3.05) is 0 Å². The molecule has 134 valence electrons. The number of esters is 1. The third kappa shape index (κ3) is 2.29. The second-order valence-electron chi connectivity index (χ2n) is 9.62. The lowest BCUT2D eigenvalue weighted by Gasteiger charge is -2.60. The molecule has 4 aliphatic carbocycles. The fraction of sp³-hybridized carbons (Fsp3) is 0.905. The Labute approximate surface area is 145 Å². The van der Waals surface area contributed by atoms with E-state index in [4.69, 9.17) is 4.74 Å². The van der Waals surface area contributed by atoms with Gasteiger partial charge in [0, 0.05) is 25.2 Å². The Kier molecular flexibility index (Phi) is 3.85. The number of carbonyl (C=O) groups excluding carboxylic acids is 2. The molecule has 4 fully saturated rings. The normalized spacial score (nSPS) is 50.6. The summed E-state index contributed by atoms with van der Waals surface area (Å²) in [5.41, 5.74) is 0.554. The molecule has 0 radical (unpaired) electrons. The maximum absolute atomic E-state index is 12.0. The van der Waals surface area contributed by atoms with Crippen LogP contribution in [0.2, 0.25) is 0 Å². The van der Waals surface area contributed by atoms with E-state index in [0.717, 1.165) is 37.5 Å². The van der Waals surface area contributed by atoms with E-state index in [0.29, 0.717) is 23.0 Å². The van der Waals surface area contributed by atoms with Crippen LogP contribution in [0.5, 0.6) is 0 Å². The fourth-order valence-corrected chi connectivity index (χ4v) is 7.39. The van der Waals surface area contributed by atoms with E-state index in [1.54, 1.807) is 6.92 Å². The maximum atomic E-state index is 12.0. The molecule has 0 spiro atoms. The number of ether oxygens (including phenoxy) is 1. The number of hydrogen-bond acceptors (Lipinski definition) is 3. The summed E-state index contributed by atoms with van der Waals surface area (Å²) in [7, 11) is 0. The monoisotopic (exact) mass is 332 g/mol. The van der Waals surface area contributed by atoms with Gasteiger partial charge in [-0.3, -0.25) is 9.59 Å². The highest BCUT2D eigenvalue weighted by Gasteiger charge is 2.60. The van der Waals surface area contributed by atoms with Gasteiger partial charge in [0.25, 0.3) is 0 Å². The summed E-state index contributed by atoms with van der Waals surface area (Å²) in [5.74, 6) is 3.25. The fourth-order valence-electron chi connectivity index (χ4n) is 7.39. The zero-order valence-electron chi connectivity index (χ0n) is 15.5. The third-order valence-corrected chi connectivity index (χ3v) is 8.70. The Bertz CT molecular complexity index is 555. The van der Waals surface area contributed by atoms with E-state index in [9.17, 15) is 9.59 Å². The topological polar surface area (TPSA) is 43.4 Å². The first-order valence-corrected chi connectivity index (χ1v) is 10.0. The second kappa shape index (κ2) is 5.57. The lowest BCUT2D eigenvalue weighted by molar-refractivity contribution is -0.162. The van der Waals surface area contributed by atoms with Gasteiger partial charge in [-0.1, -0.05) is 13.8 Å². The number of ketones is 1. The Hall–Kier alpha value is -0.860. The largest absolute Gasteiger partial charge is 0.462 e. The molecule has 0 aromatic heterocycles. The van der Waals surface area contributed by atoms with Crippen molar-refractivity contribution >= 4 is 11.8 Å². The van der Waals surface area contributed by atoms with Gasteiger partial charge in [-0.05, 0) is 74.0 Å². The number of Topliss-reactive ketones (excluding diaryl/α,β-unsaturated/α-hetero) is 1. The van der Waals surface area contributed by atoms with Crippen molar-refractivity contribution in [2.45, 2.75) is 84.7 Å². The van der Waals surface area contributed by atoms with Gasteiger partial charge in [0.2, 0.25) is 0 Å². The number of hydrogen-bond donors (Lipinski definition) is 0. The zero-order chi connectivity index (χ0) is 17.1. The van der Waals surface area contributed by atoms with Crippen LogP contribution in [0, 0.1) is 34.5 Å². The van der Waals surface area contributed by atoms with E-state index >= 15 is 0 Å². The van der Waals surface area contributed by atoms with Crippen LogP contribution in [-0.2, 0) is 14.3 Å². The van der Waals surface area contributed by atoms with Gasteiger partial charge in [-0.15, -0.1) is 0 Å². The third-order valence-electron chi connectivity index (χ3n) is 8.70. The number of fused-ring (bicyclic) bond motifs is 5. The predicted octanol–water partition coefficient (Wildman–Crippen LogP) is 4.53. The number of rotatable bonds is 1. The van der Waals surface area contributed by atoms with Gasteiger partial charge in [0.1, 0.15) is 11.9 Å². The maximum Gasteiger partial charge on any atom is 0.302 e. The Morgan fingerprint density at radius 3 is 2.50 bits per heavy atom. The minimum atomic E-state index is -0.120. The first-order chi connectivity index (χ1) is 11.3. The number of carbonyl (C=O) groups is 2. The van der Waals surface area contributed by atoms with Crippen molar-refractivity contribution in [1.29, 1.82) is 0 Å². The average molecular weight is 332 g/mol. The molecule has 7 atom stereocenters. The Morgan fingerprint density at radius 1 is 1.00 bits per heavy atom. The van der Waals surface area contributed by atoms with Crippen LogP contribution in [0.15, 0.2) is 0 Å². The van der Waals surface area contributed by atoms with Crippen LogP contribution in [0.25, 0.3) is 0 Å². The minimum Gasteiger partial charge on any atom is -0.462 e. The zero-order valence-corrected chi connectivity index (χ0v) is 15.5. The molecule has 0 aromatic carbocycles. The second-order valence-corrected chi connectivity index (χ2v) is 9.62. The molecule has 0 aliphatic heterocycles. The molecular formula is C21H32O3. The van der Waals surface area contributed by atoms with Gasteiger partial charge in [-0.2, -0.15) is 0 Å². The van der Waals surface area contributed by atoms with Crippen LogP contribution >= 0.6 is 0 Å². The van der Waals surface area contributed by atoms with Crippen LogP contribution in [0.3, 0.4) is 0 Å². The van der Waals surface area contributed by atoms with Gasteiger partial charge in [0.15, 0.2) is 0 Å². The summed E-state index contributed by atoms with van der Waals surface area (Å²) in [5, 5.41) is 0. The molecule has 4 rings (SSSR count). The molecule has 0 heterocycles. The molecule has 0 bridgehead atoms. The van der Waals surface area contributed by atoms with Crippen molar-refractivity contribution < 1.29 is 14.3 Å². The van der Waals surface area contributed by atoms with E-state index in [1.165, 1.54) is 32.1 Å². The van der Waals surface area contributed by atoms with Gasteiger partial charge < -0.3 is 4.74 Å². The molecule has 0 amide bonds. The molecular weight excluding hydrogens is 300 g/mol. The summed E-state index contributed by atoms with van der Waals surface area (Å²) in [6.45, 7) is 6.42. The van der Waals surface area contributed by atoms with Crippen molar-refractivity contribution in [3.05, 3.63) is 0 Å². The highest BCUT2D eigenvalue weighted by Crippen LogP contribution is 2.66. The standard InChI is InChI=1S/C21H32O3/c1-13(22)24-19-7-6-17-16-5-4-14-12-15(23)8-10-20(14,2)18(16)9-11-21(17,19)3/h14,16-19H,4-12H2,1-3H3/t14-,16?,17?,18?,19+,20+,21+/m1/s1. The highest BCUT2D eigenvalue weighted by atomic mass is 16.5. The molecule has 0 saturated heterocycles. The summed E-state index contributed by atoms with van der Waals surface area (Å²) < 4.78 is 5.73. The van der Waals surface area contributed by atoms with Crippen LogP contribution < -0.4 is 0 Å². The van der Waals surface area contributed by atoms with Crippen molar-refractivity contribution in [3.8, 4) is 0 Å². The first-order valence-electron chi connectivity index (χ1n) is 10.0. The summed E-state index contributed by atoms with van der Waals surface area (Å²) in [6.07, 6.45) is 10.1. The van der Waals surface area contributed by atoms with Crippen LogP contribution in [0.4, 0.5) is 0 Å². The van der Waals surface area contributed by atoms with Crippen molar-refractivity contribution in [2.24, 2.45) is 34.5 Å². The average Bonchev–Trinajstić information content (AvgIpc) is 2.84. The van der Waals surface area contributed by atoms with Crippen molar-refractivity contribution in [1.82, 2.24) is 0 Å². The highest BCUT2D eigenvalue weighted by molar-refractivity contribution is 5.79. The van der Waals surface area contributed by atoms with E-state index in [2.05, 4.69) is 13.8 Å². The SMILES string of the molecule is CC(=O)O[C@H]1CCC2C3CC[C@@H]4CC(=O)CC[C@]4(C)C3CC[C@@]21C. The molecule has 4 saturated carbocycles. The van der Waals surface area contributed by atoms with Crippen molar-refractivity contribution in [3.63, 3.8) is 0 Å². The molecule has 3 unspecified atom stereocenters. The lowest BCUT2D eigenvalue weighted by atomic mass is 9.45. The smallest absolute Gasteiger partial charge is 0.302 e. The van der Waals surface area contributed by atoms with E-state index < -0.39 is 0 Å². The molecule has 3 heteroatoms. The Morgan fingerprint density at radius 2 is 1.75 bits per heavy atom. The summed E-state index contributed by atoms with van der Waals surface area (Å²) in [6, 6.07) is 0. The lowest BCUT2D eigenvalue weighted by Crippen LogP contribution is -2.54. The van der Waals surface area contributed by atoms with Crippen LogP contribution in [-0.4, -0.2) is 17.9 Å². The molecule has 24 heavy (non-hydrogen) atoms. The van der Waals surface area contributed by atoms with E-state index in [1.807, 2.05) is 0 Å². The summed E-state index contributed by atoms with van der Waals surface area (Å²) >= 11 is 0. The Balaban J connectivity index is 1.58. The molecule has 4 aliphatic rings. The molecule has 0 aromatic rings. The quantitative estimate of drug-likeness (QED) is 0.663. The van der Waals surface area contributed by atoms with Gasteiger partial charge >= 0.3 is 5.97 Å².